The molecular formula is C13H15ClN2O2. The smallest absolute Gasteiger partial charge is 0.235 e. The first-order chi connectivity index (χ1) is 8.74. The summed E-state index contributed by atoms with van der Waals surface area (Å²) < 4.78 is 0. The van der Waals surface area contributed by atoms with Crippen LogP contribution in [-0.2, 0) is 11.2 Å². The number of carbonyl (C=O) groups is 1. The van der Waals surface area contributed by atoms with Crippen LogP contribution in [0.25, 0.3) is 10.9 Å². The van der Waals surface area contributed by atoms with Gasteiger partial charge >= 0.3 is 0 Å². The molecular weight excluding hydrogens is 252 g/mol. The SMILES string of the molecule is O=C(CCl)N[C@H](CO)Cc1c[nH]c2ccccc12. The zero-order valence-corrected chi connectivity index (χ0v) is 10.6. The summed E-state index contributed by atoms with van der Waals surface area (Å²) in [6, 6.07) is 7.62. The lowest BCUT2D eigenvalue weighted by Gasteiger charge is -2.15. The van der Waals surface area contributed by atoms with Gasteiger partial charge in [-0.05, 0) is 18.1 Å². The van der Waals surface area contributed by atoms with Crippen LogP contribution >= 0.6 is 11.6 Å². The monoisotopic (exact) mass is 266 g/mol. The Kier molecular flexibility index (Phi) is 4.23. The van der Waals surface area contributed by atoms with E-state index >= 15 is 0 Å². The van der Waals surface area contributed by atoms with Crippen molar-refractivity contribution in [3.05, 3.63) is 36.0 Å². The number of para-hydroxylation sites is 1. The molecule has 0 saturated carbocycles. The summed E-state index contributed by atoms with van der Waals surface area (Å²) in [5.41, 5.74) is 2.12. The van der Waals surface area contributed by atoms with Crippen molar-refractivity contribution in [3.8, 4) is 0 Å². The van der Waals surface area contributed by atoms with Crippen molar-refractivity contribution >= 4 is 28.4 Å². The minimum atomic E-state index is -0.310. The molecule has 0 fully saturated rings. The normalized spacial score (nSPS) is 12.6. The van der Waals surface area contributed by atoms with Gasteiger partial charge in [0.15, 0.2) is 0 Å². The van der Waals surface area contributed by atoms with Crippen molar-refractivity contribution in [2.45, 2.75) is 12.5 Å². The quantitative estimate of drug-likeness (QED) is 0.717. The Hall–Kier alpha value is -1.52. The summed E-state index contributed by atoms with van der Waals surface area (Å²) in [5, 5.41) is 13.1. The topological polar surface area (TPSA) is 65.1 Å². The average molecular weight is 267 g/mol. The van der Waals surface area contributed by atoms with Gasteiger partial charge in [0.05, 0.1) is 12.6 Å². The zero-order chi connectivity index (χ0) is 13.0. The van der Waals surface area contributed by atoms with E-state index in [4.69, 9.17) is 11.6 Å². The molecule has 0 aliphatic carbocycles. The molecule has 0 radical (unpaired) electrons. The van der Waals surface area contributed by atoms with E-state index in [-0.39, 0.29) is 24.4 Å². The van der Waals surface area contributed by atoms with Crippen LogP contribution in [0.4, 0.5) is 0 Å². The highest BCUT2D eigenvalue weighted by Gasteiger charge is 2.13. The summed E-state index contributed by atoms with van der Waals surface area (Å²) in [5.74, 6) is -0.361. The molecule has 18 heavy (non-hydrogen) atoms. The van der Waals surface area contributed by atoms with E-state index in [1.807, 2.05) is 30.5 Å². The fourth-order valence-corrected chi connectivity index (χ4v) is 2.07. The van der Waals surface area contributed by atoms with Crippen molar-refractivity contribution in [1.29, 1.82) is 0 Å². The van der Waals surface area contributed by atoms with Gasteiger partial charge in [-0.1, -0.05) is 18.2 Å². The summed E-state index contributed by atoms with van der Waals surface area (Å²) in [6.07, 6.45) is 2.48. The predicted octanol–water partition coefficient (Wildman–Crippen LogP) is 1.43. The van der Waals surface area contributed by atoms with Crippen molar-refractivity contribution in [2.75, 3.05) is 12.5 Å². The second-order valence-corrected chi connectivity index (χ2v) is 4.41. The second-order valence-electron chi connectivity index (χ2n) is 4.14. The fraction of sp³-hybridized carbons (Fsp3) is 0.308. The molecule has 1 heterocycles. The lowest BCUT2D eigenvalue weighted by molar-refractivity contribution is -0.119. The van der Waals surface area contributed by atoms with Crippen molar-refractivity contribution in [2.24, 2.45) is 0 Å². The predicted molar refractivity (Wildman–Crippen MR) is 71.7 cm³/mol. The number of carbonyl (C=O) groups excluding carboxylic acids is 1. The summed E-state index contributed by atoms with van der Waals surface area (Å²) in [6.45, 7) is -0.109. The highest BCUT2D eigenvalue weighted by atomic mass is 35.5. The number of aliphatic hydroxyl groups is 1. The zero-order valence-electron chi connectivity index (χ0n) is 9.82. The maximum Gasteiger partial charge on any atom is 0.235 e. The molecule has 0 bridgehead atoms. The van der Waals surface area contributed by atoms with Gasteiger partial charge in [0.25, 0.3) is 0 Å². The van der Waals surface area contributed by atoms with Gasteiger partial charge < -0.3 is 15.4 Å². The van der Waals surface area contributed by atoms with Gasteiger partial charge in [-0.25, -0.2) is 0 Å². The Morgan fingerprint density at radius 1 is 1.44 bits per heavy atom. The molecule has 0 aliphatic rings. The fourth-order valence-electron chi connectivity index (χ4n) is 1.99. The second kappa shape index (κ2) is 5.89. The highest BCUT2D eigenvalue weighted by molar-refractivity contribution is 6.27. The third kappa shape index (κ3) is 2.83. The number of aliphatic hydroxyl groups excluding tert-OH is 1. The van der Waals surface area contributed by atoms with E-state index in [9.17, 15) is 9.90 Å². The van der Waals surface area contributed by atoms with Gasteiger partial charge in [0.2, 0.25) is 5.91 Å². The number of amides is 1. The van der Waals surface area contributed by atoms with Crippen LogP contribution < -0.4 is 5.32 Å². The molecule has 0 aliphatic heterocycles. The Labute approximate surface area is 110 Å². The number of hydrogen-bond donors (Lipinski definition) is 3. The Morgan fingerprint density at radius 2 is 2.22 bits per heavy atom. The molecule has 1 atom stereocenters. The minimum Gasteiger partial charge on any atom is -0.394 e. The Morgan fingerprint density at radius 3 is 2.94 bits per heavy atom. The summed E-state index contributed by atoms with van der Waals surface area (Å²) in [7, 11) is 0. The molecule has 96 valence electrons. The largest absolute Gasteiger partial charge is 0.394 e. The maximum atomic E-state index is 11.2. The number of fused-ring (bicyclic) bond motifs is 1. The maximum absolute atomic E-state index is 11.2. The molecule has 2 aromatic rings. The van der Waals surface area contributed by atoms with E-state index in [2.05, 4.69) is 10.3 Å². The molecule has 0 saturated heterocycles. The van der Waals surface area contributed by atoms with Crippen LogP contribution in [0.5, 0.6) is 0 Å². The van der Waals surface area contributed by atoms with Gasteiger partial charge in [0, 0.05) is 17.1 Å². The third-order valence-corrected chi connectivity index (χ3v) is 3.09. The average Bonchev–Trinajstić information content (AvgIpc) is 2.81. The van der Waals surface area contributed by atoms with Gasteiger partial charge in [-0.3, -0.25) is 4.79 Å². The van der Waals surface area contributed by atoms with Crippen molar-refractivity contribution in [3.63, 3.8) is 0 Å². The van der Waals surface area contributed by atoms with Crippen LogP contribution in [0.3, 0.4) is 0 Å². The number of benzene rings is 1. The van der Waals surface area contributed by atoms with E-state index in [1.54, 1.807) is 0 Å². The number of aromatic amines is 1. The van der Waals surface area contributed by atoms with Crippen LogP contribution in [0.2, 0.25) is 0 Å². The number of alkyl halides is 1. The molecule has 1 aromatic carbocycles. The number of rotatable bonds is 5. The van der Waals surface area contributed by atoms with Crippen LogP contribution in [0.1, 0.15) is 5.56 Å². The van der Waals surface area contributed by atoms with Crippen molar-refractivity contribution in [1.82, 2.24) is 10.3 Å². The minimum absolute atomic E-state index is 0.0929. The van der Waals surface area contributed by atoms with E-state index in [0.717, 1.165) is 16.5 Å². The number of hydrogen-bond acceptors (Lipinski definition) is 2. The Bertz CT molecular complexity index is 539. The first kappa shape index (κ1) is 12.9. The van der Waals surface area contributed by atoms with Gasteiger partial charge in [-0.2, -0.15) is 0 Å². The third-order valence-electron chi connectivity index (χ3n) is 2.85. The lowest BCUT2D eigenvalue weighted by Crippen LogP contribution is -2.39. The summed E-state index contributed by atoms with van der Waals surface area (Å²) in [4.78, 5) is 14.4. The van der Waals surface area contributed by atoms with Crippen LogP contribution in [0, 0.1) is 0 Å². The van der Waals surface area contributed by atoms with Gasteiger partial charge in [-0.15, -0.1) is 11.6 Å². The molecule has 2 rings (SSSR count). The number of aromatic nitrogens is 1. The number of nitrogens with one attached hydrogen (secondary N) is 2. The Balaban J connectivity index is 2.14. The van der Waals surface area contributed by atoms with Crippen molar-refractivity contribution < 1.29 is 9.90 Å². The molecule has 5 heteroatoms. The van der Waals surface area contributed by atoms with Gasteiger partial charge in [0.1, 0.15) is 5.88 Å². The standard InChI is InChI=1S/C13H15ClN2O2/c14-6-13(18)16-10(8-17)5-9-7-15-12-4-2-1-3-11(9)12/h1-4,7,10,15,17H,5-6,8H2,(H,16,18)/t10-/m0/s1. The highest BCUT2D eigenvalue weighted by Crippen LogP contribution is 2.18. The molecule has 1 amide bonds. The number of halogens is 1. The summed E-state index contributed by atoms with van der Waals surface area (Å²) >= 11 is 5.43. The van der Waals surface area contributed by atoms with E-state index < -0.39 is 0 Å². The first-order valence-corrected chi connectivity index (χ1v) is 6.29. The lowest BCUT2D eigenvalue weighted by atomic mass is 10.1. The van der Waals surface area contributed by atoms with E-state index in [1.165, 1.54) is 0 Å². The molecule has 4 nitrogen and oxygen atoms in total. The molecule has 0 spiro atoms. The molecule has 0 unspecified atom stereocenters. The molecule has 1 aromatic heterocycles. The first-order valence-electron chi connectivity index (χ1n) is 5.75. The van der Waals surface area contributed by atoms with E-state index in [0.29, 0.717) is 6.42 Å². The molecule has 3 N–H and O–H groups in total. The van der Waals surface area contributed by atoms with Crippen LogP contribution in [-0.4, -0.2) is 34.5 Å². The van der Waals surface area contributed by atoms with Crippen LogP contribution in [0.15, 0.2) is 30.5 Å². The number of H-pyrrole nitrogens is 1.